The maximum atomic E-state index is 13.0. The topological polar surface area (TPSA) is 244 Å². The van der Waals surface area contributed by atoms with Crippen LogP contribution < -0.4 is 37.6 Å². The quantitative estimate of drug-likeness (QED) is 0.150. The molecule has 0 bridgehead atoms. The highest BCUT2D eigenvalue weighted by Gasteiger charge is 2.30. The smallest absolute Gasteiger partial charge is 0.242 e. The van der Waals surface area contributed by atoms with E-state index in [9.17, 15) is 39.3 Å². The Morgan fingerprint density at radius 1 is 1.11 bits per heavy atom. The normalized spacial score (nSPS) is 26.9. The number of carbonyl (C=O) groups is 5. The number of likely N-dealkylation sites (N-methyl/N-ethyl adjacent to an activating group) is 1. The molecule has 1 rings (SSSR count). The fourth-order valence-corrected chi connectivity index (χ4v) is 3.60. The summed E-state index contributed by atoms with van der Waals surface area (Å²) in [7, 11) is 1.46. The molecule has 15 nitrogen and oxygen atoms in total. The van der Waals surface area contributed by atoms with Gasteiger partial charge in [0, 0.05) is 19.5 Å². The number of aliphatic hydroxyl groups is 3. The number of amides is 5. The molecule has 37 heavy (non-hydrogen) atoms. The Balaban J connectivity index is 3.11. The molecule has 0 aromatic heterocycles. The summed E-state index contributed by atoms with van der Waals surface area (Å²) in [4.78, 5) is 62.2. The van der Waals surface area contributed by atoms with Gasteiger partial charge in [0.25, 0.3) is 0 Å². The van der Waals surface area contributed by atoms with Crippen LogP contribution in [0.4, 0.5) is 0 Å². The van der Waals surface area contributed by atoms with Gasteiger partial charge in [-0.1, -0.05) is 0 Å². The molecule has 0 spiro atoms. The molecule has 15 heteroatoms. The van der Waals surface area contributed by atoms with E-state index >= 15 is 0 Å². The number of hydrogen-bond acceptors (Lipinski definition) is 10. The number of hydrogen-bond donors (Lipinski definition) is 10. The van der Waals surface area contributed by atoms with Gasteiger partial charge in [-0.2, -0.15) is 0 Å². The van der Waals surface area contributed by atoms with Crippen LogP contribution in [-0.4, -0.2) is 115 Å². The predicted molar refractivity (Wildman–Crippen MR) is 132 cm³/mol. The monoisotopic (exact) mass is 531 g/mol. The molecule has 6 atom stereocenters. The van der Waals surface area contributed by atoms with Crippen molar-refractivity contribution in [1.29, 1.82) is 0 Å². The van der Waals surface area contributed by atoms with Crippen LogP contribution in [0.1, 0.15) is 39.0 Å². The highest BCUT2D eigenvalue weighted by atomic mass is 16.3. The zero-order chi connectivity index (χ0) is 28.0. The van der Waals surface area contributed by atoms with Crippen molar-refractivity contribution < 1.29 is 39.3 Å². The molecule has 5 amide bonds. The Morgan fingerprint density at radius 3 is 2.38 bits per heavy atom. The van der Waals surface area contributed by atoms with Crippen LogP contribution in [0.15, 0.2) is 0 Å². The molecule has 0 saturated carbocycles. The van der Waals surface area contributed by atoms with Gasteiger partial charge in [0.1, 0.15) is 24.2 Å². The van der Waals surface area contributed by atoms with Crippen LogP contribution in [0.5, 0.6) is 0 Å². The van der Waals surface area contributed by atoms with Gasteiger partial charge in [0.05, 0.1) is 25.4 Å². The van der Waals surface area contributed by atoms with Crippen LogP contribution >= 0.6 is 0 Å². The van der Waals surface area contributed by atoms with Gasteiger partial charge in [-0.25, -0.2) is 0 Å². The highest BCUT2D eigenvalue weighted by Crippen LogP contribution is 2.05. The van der Waals surface area contributed by atoms with E-state index in [4.69, 9.17) is 5.73 Å². The Morgan fingerprint density at radius 2 is 1.81 bits per heavy atom. The van der Waals surface area contributed by atoms with Crippen LogP contribution in [-0.2, 0) is 24.0 Å². The first kappa shape index (κ1) is 32.2. The van der Waals surface area contributed by atoms with Crippen molar-refractivity contribution in [2.24, 2.45) is 5.73 Å². The molecule has 0 aromatic rings. The van der Waals surface area contributed by atoms with Gasteiger partial charge in [0.15, 0.2) is 0 Å². The van der Waals surface area contributed by atoms with Crippen molar-refractivity contribution in [3.8, 4) is 0 Å². The van der Waals surface area contributed by atoms with Crippen molar-refractivity contribution >= 4 is 29.5 Å². The number of carbonyl (C=O) groups excluding carboxylic acids is 5. The lowest BCUT2D eigenvalue weighted by Crippen LogP contribution is -2.59. The lowest BCUT2D eigenvalue weighted by Gasteiger charge is -2.28. The first-order valence-electron chi connectivity index (χ1n) is 12.3. The molecule has 212 valence electrons. The first-order chi connectivity index (χ1) is 17.5. The third-order valence-electron chi connectivity index (χ3n) is 6.04. The van der Waals surface area contributed by atoms with Gasteiger partial charge in [-0.15, -0.1) is 0 Å². The summed E-state index contributed by atoms with van der Waals surface area (Å²) < 4.78 is 0. The molecule has 1 saturated heterocycles. The van der Waals surface area contributed by atoms with Gasteiger partial charge in [0.2, 0.25) is 29.5 Å². The molecule has 1 aliphatic rings. The number of nitrogens with two attached hydrogens (primary N) is 1. The Bertz CT molecular complexity index is 778. The molecule has 11 N–H and O–H groups in total. The van der Waals surface area contributed by atoms with Crippen LogP contribution in [0.25, 0.3) is 0 Å². The minimum Gasteiger partial charge on any atom is -0.394 e. The van der Waals surface area contributed by atoms with E-state index in [0.717, 1.165) is 0 Å². The minimum absolute atomic E-state index is 0.0589. The second-order valence-electron chi connectivity index (χ2n) is 8.93. The van der Waals surface area contributed by atoms with Crippen molar-refractivity contribution in [2.75, 3.05) is 33.4 Å². The molecular weight excluding hydrogens is 490 g/mol. The molecular formula is C22H41N7O8. The summed E-state index contributed by atoms with van der Waals surface area (Å²) in [6, 6.07) is -5.22. The van der Waals surface area contributed by atoms with Crippen LogP contribution in [0.3, 0.4) is 0 Å². The van der Waals surface area contributed by atoms with E-state index < -0.39 is 73.2 Å². The SMILES string of the molecule is CNC(CO)C(=O)NC1CCC(=O)NCCCCC(C(N)=O)NC(=O)C(CO)NCC(C(C)O)NC1=O. The standard InChI is InChI=1S/C22H41N7O8/c1-12(32)15-9-26-17(11-31)22(37)27-13(19(23)34)5-3-4-8-25-18(33)7-6-14(20(35)29-15)28-21(36)16(10-30)24-2/h12-17,24,26,30-32H,3-11H2,1-2H3,(H2,23,34)(H,25,33)(H,27,37)(H,28,36)(H,29,35). The van der Waals surface area contributed by atoms with E-state index in [1.54, 1.807) is 0 Å². The largest absolute Gasteiger partial charge is 0.394 e. The van der Waals surface area contributed by atoms with E-state index in [0.29, 0.717) is 12.8 Å². The fraction of sp³-hybridized carbons (Fsp3) is 0.773. The maximum Gasteiger partial charge on any atom is 0.242 e. The average molecular weight is 532 g/mol. The Kier molecular flexibility index (Phi) is 14.6. The zero-order valence-corrected chi connectivity index (χ0v) is 21.3. The summed E-state index contributed by atoms with van der Waals surface area (Å²) in [6.45, 7) is 0.381. The van der Waals surface area contributed by atoms with Gasteiger partial charge >= 0.3 is 0 Å². The molecule has 0 aromatic carbocycles. The number of primary amides is 1. The van der Waals surface area contributed by atoms with E-state index in [1.807, 2.05) is 0 Å². The fourth-order valence-electron chi connectivity index (χ4n) is 3.60. The lowest BCUT2D eigenvalue weighted by molar-refractivity contribution is -0.132. The lowest BCUT2D eigenvalue weighted by atomic mass is 10.1. The first-order valence-corrected chi connectivity index (χ1v) is 12.3. The molecule has 0 aliphatic carbocycles. The molecule has 1 aliphatic heterocycles. The number of aliphatic hydroxyl groups excluding tert-OH is 3. The van der Waals surface area contributed by atoms with Gasteiger partial charge in [-0.05, 0) is 39.7 Å². The predicted octanol–water partition coefficient (Wildman–Crippen LogP) is -5.08. The molecule has 6 unspecified atom stereocenters. The van der Waals surface area contributed by atoms with Gasteiger partial charge < -0.3 is 53.0 Å². The second kappa shape index (κ2) is 16.8. The minimum atomic E-state index is -1.16. The van der Waals surface area contributed by atoms with Crippen molar-refractivity contribution in [1.82, 2.24) is 31.9 Å². The molecule has 1 heterocycles. The van der Waals surface area contributed by atoms with Crippen molar-refractivity contribution in [2.45, 2.75) is 75.3 Å². The third-order valence-corrected chi connectivity index (χ3v) is 6.04. The average Bonchev–Trinajstić information content (AvgIpc) is 2.84. The summed E-state index contributed by atoms with van der Waals surface area (Å²) >= 11 is 0. The second-order valence-corrected chi connectivity index (χ2v) is 8.93. The summed E-state index contributed by atoms with van der Waals surface area (Å²) in [6.07, 6.45) is -0.0759. The van der Waals surface area contributed by atoms with Crippen LogP contribution in [0.2, 0.25) is 0 Å². The summed E-state index contributed by atoms with van der Waals surface area (Å²) in [5, 5.41) is 44.9. The zero-order valence-electron chi connectivity index (χ0n) is 21.3. The van der Waals surface area contributed by atoms with Crippen LogP contribution in [0, 0.1) is 0 Å². The number of nitrogens with one attached hydrogen (secondary N) is 6. The van der Waals surface area contributed by atoms with E-state index in [2.05, 4.69) is 31.9 Å². The highest BCUT2D eigenvalue weighted by molar-refractivity contribution is 5.91. The van der Waals surface area contributed by atoms with Gasteiger partial charge in [-0.3, -0.25) is 24.0 Å². The van der Waals surface area contributed by atoms with E-state index in [-0.39, 0.29) is 38.3 Å². The Hall–Kier alpha value is -2.85. The van der Waals surface area contributed by atoms with Crippen molar-refractivity contribution in [3.63, 3.8) is 0 Å². The van der Waals surface area contributed by atoms with Crippen molar-refractivity contribution in [3.05, 3.63) is 0 Å². The summed E-state index contributed by atoms with van der Waals surface area (Å²) in [5.41, 5.74) is 5.38. The number of rotatable bonds is 7. The van der Waals surface area contributed by atoms with E-state index in [1.165, 1.54) is 14.0 Å². The summed E-state index contributed by atoms with van der Waals surface area (Å²) in [5.74, 6) is -3.14. The Labute approximate surface area is 215 Å². The maximum absolute atomic E-state index is 13.0. The third kappa shape index (κ3) is 11.4. The molecule has 0 radical (unpaired) electrons. The molecule has 1 fully saturated rings.